The van der Waals surface area contributed by atoms with E-state index < -0.39 is 0 Å². The first kappa shape index (κ1) is 25.3. The van der Waals surface area contributed by atoms with Crippen LogP contribution in [0, 0.1) is 13.8 Å². The van der Waals surface area contributed by atoms with Crippen molar-refractivity contribution in [1.82, 2.24) is 29.6 Å². The maximum atomic E-state index is 12.8. The van der Waals surface area contributed by atoms with Crippen molar-refractivity contribution in [3.63, 3.8) is 0 Å². The molecular formula is C25H28ClN7O3. The van der Waals surface area contributed by atoms with Crippen molar-refractivity contribution < 1.29 is 14.6 Å². The molecule has 0 radical (unpaired) electrons. The molecule has 10 nitrogen and oxygen atoms in total. The summed E-state index contributed by atoms with van der Waals surface area (Å²) in [6.07, 6.45) is 2.98. The molecule has 0 saturated carbocycles. The van der Waals surface area contributed by atoms with Crippen molar-refractivity contribution >= 4 is 34.4 Å². The van der Waals surface area contributed by atoms with Crippen LogP contribution in [0.2, 0.25) is 5.02 Å². The highest BCUT2D eigenvalue weighted by Crippen LogP contribution is 2.43. The summed E-state index contributed by atoms with van der Waals surface area (Å²) in [5.74, 6) is 0.667. The van der Waals surface area contributed by atoms with E-state index >= 15 is 0 Å². The molecule has 0 fully saturated rings. The number of aliphatic hydroxyl groups excluding tert-OH is 1. The number of fused-ring (bicyclic) bond motifs is 1. The fourth-order valence-electron chi connectivity index (χ4n) is 4.34. The maximum absolute atomic E-state index is 12.8. The third kappa shape index (κ3) is 4.33. The standard InChI is InChI=1S/C25H28ClN7O3/c1-13-18(26)11-17(15(3)33-24-21(14(2)31-33)23(27)29-12-30-24)22(36-5)20(13)16-6-7-28-19(10-16)25(35)32(4)8-9-34/h6-7,10-12,15,34H,8-9H2,1-5H3,(H2,27,29,30)/t15-/m1/s1. The van der Waals surface area contributed by atoms with Crippen molar-refractivity contribution in [1.29, 1.82) is 0 Å². The number of nitrogen functional groups attached to an aromatic ring is 1. The number of anilines is 1. The Labute approximate surface area is 213 Å². The molecule has 0 spiro atoms. The summed E-state index contributed by atoms with van der Waals surface area (Å²) in [6, 6.07) is 5.05. The van der Waals surface area contributed by atoms with E-state index in [0.29, 0.717) is 27.6 Å². The first-order valence-corrected chi connectivity index (χ1v) is 11.7. The molecule has 4 aromatic rings. The summed E-state index contributed by atoms with van der Waals surface area (Å²) in [7, 11) is 3.21. The van der Waals surface area contributed by atoms with Crippen molar-refractivity contribution in [3.8, 4) is 16.9 Å². The maximum Gasteiger partial charge on any atom is 0.272 e. The van der Waals surface area contributed by atoms with Crippen LogP contribution in [-0.4, -0.2) is 68.0 Å². The number of carbonyl (C=O) groups excluding carboxylic acids is 1. The zero-order valence-electron chi connectivity index (χ0n) is 20.8. The summed E-state index contributed by atoms with van der Waals surface area (Å²) >= 11 is 6.72. The second kappa shape index (κ2) is 10.1. The van der Waals surface area contributed by atoms with Crippen LogP contribution < -0.4 is 10.5 Å². The van der Waals surface area contributed by atoms with Gasteiger partial charge in [-0.3, -0.25) is 9.78 Å². The van der Waals surface area contributed by atoms with Crippen LogP contribution in [0.25, 0.3) is 22.2 Å². The van der Waals surface area contributed by atoms with Crippen LogP contribution in [0.1, 0.15) is 40.3 Å². The van der Waals surface area contributed by atoms with E-state index in [2.05, 4.69) is 20.1 Å². The molecule has 36 heavy (non-hydrogen) atoms. The van der Waals surface area contributed by atoms with E-state index in [1.807, 2.05) is 26.8 Å². The monoisotopic (exact) mass is 509 g/mol. The number of nitrogens with zero attached hydrogens (tertiary/aromatic N) is 6. The third-order valence-electron chi connectivity index (χ3n) is 6.27. The largest absolute Gasteiger partial charge is 0.496 e. The Morgan fingerprint density at radius 1 is 1.28 bits per heavy atom. The van der Waals surface area contributed by atoms with Gasteiger partial charge in [0.1, 0.15) is 23.6 Å². The molecule has 1 atom stereocenters. The zero-order chi connectivity index (χ0) is 26.1. The average Bonchev–Trinajstić information content (AvgIpc) is 3.22. The first-order chi connectivity index (χ1) is 17.2. The lowest BCUT2D eigenvalue weighted by Gasteiger charge is -2.22. The number of amides is 1. The molecule has 11 heteroatoms. The number of likely N-dealkylation sites (N-methyl/N-ethyl adjacent to an activating group) is 1. The number of aryl methyl sites for hydroxylation is 1. The number of halogens is 1. The molecule has 0 aliphatic heterocycles. The minimum Gasteiger partial charge on any atom is -0.496 e. The number of hydrogen-bond donors (Lipinski definition) is 2. The predicted octanol–water partition coefficient (Wildman–Crippen LogP) is 3.42. The van der Waals surface area contributed by atoms with Crippen LogP contribution in [0.3, 0.4) is 0 Å². The average molecular weight is 510 g/mol. The molecule has 3 N–H and O–H groups in total. The van der Waals surface area contributed by atoms with E-state index in [4.69, 9.17) is 22.1 Å². The SMILES string of the molecule is COc1c([C@@H](C)n2nc(C)c3c(N)ncnc32)cc(Cl)c(C)c1-c1ccnc(C(=O)N(C)CCO)c1. The molecule has 3 aromatic heterocycles. The lowest BCUT2D eigenvalue weighted by atomic mass is 9.94. The number of benzene rings is 1. The highest BCUT2D eigenvalue weighted by atomic mass is 35.5. The second-order valence-electron chi connectivity index (χ2n) is 8.52. The number of rotatable bonds is 7. The quantitative estimate of drug-likeness (QED) is 0.387. The van der Waals surface area contributed by atoms with Gasteiger partial charge in [0.05, 0.1) is 30.8 Å². The fraction of sp³-hybridized carbons (Fsp3) is 0.320. The molecule has 1 aromatic carbocycles. The number of ether oxygens (including phenoxy) is 1. The van der Waals surface area contributed by atoms with Crippen LogP contribution in [0.4, 0.5) is 5.82 Å². The highest BCUT2D eigenvalue weighted by Gasteiger charge is 2.25. The van der Waals surface area contributed by atoms with Crippen molar-refractivity contribution in [2.45, 2.75) is 26.8 Å². The Bertz CT molecular complexity index is 1450. The van der Waals surface area contributed by atoms with E-state index in [1.54, 1.807) is 37.2 Å². The number of pyridine rings is 1. The summed E-state index contributed by atoms with van der Waals surface area (Å²) < 4.78 is 7.71. The molecule has 0 saturated heterocycles. The van der Waals surface area contributed by atoms with Gasteiger partial charge in [-0.2, -0.15) is 5.10 Å². The van der Waals surface area contributed by atoms with Crippen LogP contribution in [0.5, 0.6) is 5.75 Å². The molecule has 0 bridgehead atoms. The minimum absolute atomic E-state index is 0.136. The van der Waals surface area contributed by atoms with E-state index in [1.165, 1.54) is 11.2 Å². The Balaban J connectivity index is 1.88. The number of methoxy groups -OCH3 is 1. The van der Waals surface area contributed by atoms with Crippen LogP contribution in [0.15, 0.2) is 30.7 Å². The van der Waals surface area contributed by atoms with Gasteiger partial charge in [-0.15, -0.1) is 0 Å². The van der Waals surface area contributed by atoms with Gasteiger partial charge < -0.3 is 20.5 Å². The van der Waals surface area contributed by atoms with Gasteiger partial charge in [0.25, 0.3) is 5.91 Å². The van der Waals surface area contributed by atoms with Gasteiger partial charge in [-0.1, -0.05) is 11.6 Å². The number of carbonyl (C=O) groups is 1. The smallest absolute Gasteiger partial charge is 0.272 e. The van der Waals surface area contributed by atoms with Gasteiger partial charge in [-0.25, -0.2) is 14.6 Å². The Morgan fingerprint density at radius 2 is 2.03 bits per heavy atom. The van der Waals surface area contributed by atoms with Crippen molar-refractivity contribution in [2.24, 2.45) is 0 Å². The lowest BCUT2D eigenvalue weighted by Crippen LogP contribution is -2.30. The number of aliphatic hydroxyl groups is 1. The van der Waals surface area contributed by atoms with E-state index in [9.17, 15) is 9.90 Å². The predicted molar refractivity (Wildman–Crippen MR) is 138 cm³/mol. The highest BCUT2D eigenvalue weighted by molar-refractivity contribution is 6.32. The Morgan fingerprint density at radius 3 is 2.72 bits per heavy atom. The molecular weight excluding hydrogens is 482 g/mol. The van der Waals surface area contributed by atoms with Gasteiger partial charge >= 0.3 is 0 Å². The number of hydrogen-bond acceptors (Lipinski definition) is 8. The number of aromatic nitrogens is 5. The van der Waals surface area contributed by atoms with E-state index in [-0.39, 0.29) is 30.8 Å². The van der Waals surface area contributed by atoms with Crippen LogP contribution in [-0.2, 0) is 0 Å². The first-order valence-electron chi connectivity index (χ1n) is 11.3. The van der Waals surface area contributed by atoms with Crippen molar-refractivity contribution in [3.05, 3.63) is 58.3 Å². The molecule has 1 amide bonds. The normalized spacial score (nSPS) is 12.1. The molecule has 188 valence electrons. The molecule has 3 heterocycles. The fourth-order valence-corrected chi connectivity index (χ4v) is 4.56. The Kier molecular flexibility index (Phi) is 7.09. The molecule has 4 rings (SSSR count). The summed E-state index contributed by atoms with van der Waals surface area (Å²) in [5.41, 5.74) is 10.7. The van der Waals surface area contributed by atoms with Gasteiger partial charge in [0, 0.05) is 35.9 Å². The third-order valence-corrected chi connectivity index (χ3v) is 6.66. The lowest BCUT2D eigenvalue weighted by molar-refractivity contribution is 0.0761. The van der Waals surface area contributed by atoms with Crippen LogP contribution >= 0.6 is 11.6 Å². The van der Waals surface area contributed by atoms with Crippen molar-refractivity contribution in [2.75, 3.05) is 33.0 Å². The van der Waals surface area contributed by atoms with Gasteiger partial charge in [0.2, 0.25) is 0 Å². The number of nitrogens with two attached hydrogens (primary N) is 1. The topological polar surface area (TPSA) is 132 Å². The second-order valence-corrected chi connectivity index (χ2v) is 8.93. The van der Waals surface area contributed by atoms with Gasteiger partial charge in [0.15, 0.2) is 5.65 Å². The summed E-state index contributed by atoms with van der Waals surface area (Å²) in [5, 5.41) is 15.1. The van der Waals surface area contributed by atoms with Gasteiger partial charge in [-0.05, 0) is 50.1 Å². The molecule has 0 aliphatic carbocycles. The molecule has 0 unspecified atom stereocenters. The Hall–Kier alpha value is -3.76. The summed E-state index contributed by atoms with van der Waals surface area (Å²) in [6.45, 7) is 5.80. The summed E-state index contributed by atoms with van der Waals surface area (Å²) in [4.78, 5) is 27.0. The zero-order valence-corrected chi connectivity index (χ0v) is 21.5. The minimum atomic E-state index is -0.319. The van der Waals surface area contributed by atoms with E-state index in [0.717, 1.165) is 27.9 Å². The molecule has 0 aliphatic rings.